The fourth-order valence-electron chi connectivity index (χ4n) is 3.45. The standard InChI is InChI=1S/C25H18ClNO5S/c1-2-16-27-22(23(28)17-8-4-3-5-9-17)24(20-10-6-7-11-21(20)33(27,30)31)32-25(29)18-12-14-19(26)15-13-18/h2-15H,1,16H2. The molecule has 4 rings (SSSR count). The van der Waals surface area contributed by atoms with Crippen molar-refractivity contribution >= 4 is 39.1 Å². The minimum absolute atomic E-state index is 0.0737. The van der Waals surface area contributed by atoms with Crippen LogP contribution in [0.4, 0.5) is 0 Å². The molecule has 3 aromatic rings. The molecule has 0 N–H and O–H groups in total. The average molecular weight is 480 g/mol. The molecule has 0 unspecified atom stereocenters. The monoisotopic (exact) mass is 479 g/mol. The molecule has 0 atom stereocenters. The maximum absolute atomic E-state index is 13.5. The first-order chi connectivity index (χ1) is 15.8. The van der Waals surface area contributed by atoms with Crippen LogP contribution in [0.3, 0.4) is 0 Å². The van der Waals surface area contributed by atoms with Gasteiger partial charge in [0, 0.05) is 16.1 Å². The maximum Gasteiger partial charge on any atom is 0.343 e. The highest BCUT2D eigenvalue weighted by Crippen LogP contribution is 2.39. The van der Waals surface area contributed by atoms with Crippen molar-refractivity contribution in [2.75, 3.05) is 6.54 Å². The number of carbonyl (C=O) groups is 2. The zero-order valence-electron chi connectivity index (χ0n) is 17.3. The summed E-state index contributed by atoms with van der Waals surface area (Å²) in [6, 6.07) is 20.3. The van der Waals surface area contributed by atoms with Gasteiger partial charge in [0.15, 0.2) is 5.76 Å². The van der Waals surface area contributed by atoms with Crippen molar-refractivity contribution in [1.82, 2.24) is 4.31 Å². The highest BCUT2D eigenvalue weighted by atomic mass is 35.5. The number of benzene rings is 3. The topological polar surface area (TPSA) is 80.8 Å². The molecule has 1 aliphatic rings. The number of hydrogen-bond donors (Lipinski definition) is 0. The Morgan fingerprint density at radius 1 is 0.909 bits per heavy atom. The van der Waals surface area contributed by atoms with Gasteiger partial charge in [-0.05, 0) is 36.4 Å². The van der Waals surface area contributed by atoms with E-state index in [1.54, 1.807) is 42.5 Å². The number of ether oxygens (including phenoxy) is 1. The largest absolute Gasteiger partial charge is 0.420 e. The second-order valence-corrected chi connectivity index (χ2v) is 9.36. The smallest absolute Gasteiger partial charge is 0.343 e. The van der Waals surface area contributed by atoms with Crippen molar-refractivity contribution in [1.29, 1.82) is 0 Å². The van der Waals surface area contributed by atoms with E-state index in [1.165, 1.54) is 42.5 Å². The number of Topliss-reactive ketones (excluding diaryl/α,β-unsaturated/α-hetero) is 1. The third-order valence-corrected chi connectivity index (χ3v) is 7.06. The SMILES string of the molecule is C=CCN1C(C(=O)c2ccccc2)=C(OC(=O)c2ccc(Cl)cc2)c2ccccc2S1(=O)=O. The molecule has 0 radical (unpaired) electrons. The zero-order valence-corrected chi connectivity index (χ0v) is 18.8. The minimum atomic E-state index is -4.11. The summed E-state index contributed by atoms with van der Waals surface area (Å²) >= 11 is 5.90. The number of rotatable bonds is 6. The van der Waals surface area contributed by atoms with Crippen LogP contribution >= 0.6 is 11.6 Å². The van der Waals surface area contributed by atoms with Crippen LogP contribution in [-0.2, 0) is 14.8 Å². The predicted molar refractivity (Wildman–Crippen MR) is 125 cm³/mol. The molecule has 6 nitrogen and oxygen atoms in total. The van der Waals surface area contributed by atoms with E-state index in [2.05, 4.69) is 6.58 Å². The highest BCUT2D eigenvalue weighted by molar-refractivity contribution is 7.89. The number of carbonyl (C=O) groups excluding carboxylic acids is 2. The van der Waals surface area contributed by atoms with Crippen molar-refractivity contribution < 1.29 is 22.7 Å². The molecule has 0 saturated heterocycles. The number of nitrogens with zero attached hydrogens (tertiary/aromatic N) is 1. The quantitative estimate of drug-likeness (QED) is 0.284. The summed E-state index contributed by atoms with van der Waals surface area (Å²) < 4.78 is 33.5. The van der Waals surface area contributed by atoms with E-state index < -0.39 is 21.8 Å². The second kappa shape index (κ2) is 9.05. The van der Waals surface area contributed by atoms with E-state index in [-0.39, 0.29) is 39.6 Å². The summed E-state index contributed by atoms with van der Waals surface area (Å²) in [5.74, 6) is -1.50. The maximum atomic E-state index is 13.5. The Kier molecular flexibility index (Phi) is 6.18. The molecule has 1 aliphatic heterocycles. The Balaban J connectivity index is 1.95. The molecule has 8 heteroatoms. The van der Waals surface area contributed by atoms with Crippen LogP contribution in [-0.4, -0.2) is 31.0 Å². The summed E-state index contributed by atoms with van der Waals surface area (Å²) in [4.78, 5) is 26.4. The van der Waals surface area contributed by atoms with Crippen molar-refractivity contribution in [2.45, 2.75) is 4.90 Å². The lowest BCUT2D eigenvalue weighted by molar-refractivity contribution is 0.0686. The average Bonchev–Trinajstić information content (AvgIpc) is 2.83. The van der Waals surface area contributed by atoms with Crippen molar-refractivity contribution in [3.05, 3.63) is 119 Å². The van der Waals surface area contributed by atoms with Gasteiger partial charge in [-0.2, -0.15) is 0 Å². The Labute approximate surface area is 196 Å². The van der Waals surface area contributed by atoms with E-state index >= 15 is 0 Å². The lowest BCUT2D eigenvalue weighted by Crippen LogP contribution is -2.38. The number of esters is 1. The van der Waals surface area contributed by atoms with Gasteiger partial charge < -0.3 is 4.74 Å². The lowest BCUT2D eigenvalue weighted by atomic mass is 10.0. The number of fused-ring (bicyclic) bond motifs is 1. The number of halogens is 1. The number of hydrogen-bond acceptors (Lipinski definition) is 5. The number of allylic oxidation sites excluding steroid dienone is 1. The van der Waals surface area contributed by atoms with Gasteiger partial charge in [0.1, 0.15) is 5.70 Å². The number of sulfonamides is 1. The first-order valence-electron chi connectivity index (χ1n) is 9.89. The van der Waals surface area contributed by atoms with E-state index in [9.17, 15) is 18.0 Å². The van der Waals surface area contributed by atoms with Crippen molar-refractivity contribution in [2.24, 2.45) is 0 Å². The molecule has 0 aliphatic carbocycles. The highest BCUT2D eigenvalue weighted by Gasteiger charge is 2.41. The van der Waals surface area contributed by atoms with E-state index in [4.69, 9.17) is 16.3 Å². The van der Waals surface area contributed by atoms with Gasteiger partial charge in [-0.3, -0.25) is 9.10 Å². The van der Waals surface area contributed by atoms with Gasteiger partial charge in [-0.15, -0.1) is 6.58 Å². The van der Waals surface area contributed by atoms with Crippen molar-refractivity contribution in [3.63, 3.8) is 0 Å². The van der Waals surface area contributed by atoms with Gasteiger partial charge in [0.25, 0.3) is 10.0 Å². The van der Waals surface area contributed by atoms with Crippen molar-refractivity contribution in [3.8, 4) is 0 Å². The van der Waals surface area contributed by atoms with Gasteiger partial charge in [0.2, 0.25) is 5.78 Å². The molecule has 166 valence electrons. The molecule has 1 heterocycles. The summed E-state index contributed by atoms with van der Waals surface area (Å²) in [6.45, 7) is 3.44. The molecule has 33 heavy (non-hydrogen) atoms. The van der Waals surface area contributed by atoms with Gasteiger partial charge >= 0.3 is 5.97 Å². The summed E-state index contributed by atoms with van der Waals surface area (Å²) in [5.41, 5.74) is 0.303. The Hall–Kier alpha value is -3.68. The normalized spacial score (nSPS) is 14.4. The first kappa shape index (κ1) is 22.5. The van der Waals surface area contributed by atoms with Gasteiger partial charge in [-0.25, -0.2) is 13.2 Å². The molecule has 0 aromatic heterocycles. The van der Waals surface area contributed by atoms with E-state index in [0.717, 1.165) is 4.31 Å². The molecule has 0 saturated carbocycles. The number of ketones is 1. The molecule has 0 bridgehead atoms. The first-order valence-corrected chi connectivity index (χ1v) is 11.7. The predicted octanol–water partition coefficient (Wildman–Crippen LogP) is 4.94. The van der Waals surface area contributed by atoms with Crippen LogP contribution in [0.5, 0.6) is 0 Å². The van der Waals surface area contributed by atoms with Crippen LogP contribution < -0.4 is 0 Å². The third-order valence-electron chi connectivity index (χ3n) is 4.98. The summed E-state index contributed by atoms with van der Waals surface area (Å²) in [5, 5.41) is 0.442. The molecule has 3 aromatic carbocycles. The lowest BCUT2D eigenvalue weighted by Gasteiger charge is -2.32. The van der Waals surface area contributed by atoms with Crippen LogP contribution in [0.1, 0.15) is 26.3 Å². The van der Waals surface area contributed by atoms with Gasteiger partial charge in [0.05, 0.1) is 17.0 Å². The molecular formula is C25H18ClNO5S. The van der Waals surface area contributed by atoms with Crippen LogP contribution in [0.2, 0.25) is 5.02 Å². The summed E-state index contributed by atoms with van der Waals surface area (Å²) in [6.07, 6.45) is 1.36. The Bertz CT molecular complexity index is 1380. The molecule has 0 amide bonds. The molecule has 0 fully saturated rings. The minimum Gasteiger partial charge on any atom is -0.420 e. The van der Waals surface area contributed by atoms with Gasteiger partial charge in [-0.1, -0.05) is 60.1 Å². The fourth-order valence-corrected chi connectivity index (χ4v) is 5.21. The van der Waals surface area contributed by atoms with E-state index in [1.807, 2.05) is 0 Å². The second-order valence-electron chi connectivity index (χ2n) is 7.09. The summed E-state index contributed by atoms with van der Waals surface area (Å²) in [7, 11) is -4.11. The fraction of sp³-hybridized carbons (Fsp3) is 0.0400. The Morgan fingerprint density at radius 2 is 1.55 bits per heavy atom. The van der Waals surface area contributed by atoms with Crippen LogP contribution in [0.15, 0.2) is 102 Å². The molecular weight excluding hydrogens is 462 g/mol. The molecule has 0 spiro atoms. The van der Waals surface area contributed by atoms with Crippen LogP contribution in [0.25, 0.3) is 5.76 Å². The third kappa shape index (κ3) is 4.20. The van der Waals surface area contributed by atoms with Crippen LogP contribution in [0, 0.1) is 0 Å². The zero-order chi connectivity index (χ0) is 23.6. The Morgan fingerprint density at radius 3 is 2.21 bits per heavy atom. The van der Waals surface area contributed by atoms with E-state index in [0.29, 0.717) is 5.02 Å².